The Morgan fingerprint density at radius 3 is 1.86 bits per heavy atom. The molecule has 0 aliphatic carbocycles. The van der Waals surface area contributed by atoms with E-state index in [0.29, 0.717) is 0 Å². The third-order valence-electron chi connectivity index (χ3n) is 0.0745. The molecule has 0 aliphatic rings. The summed E-state index contributed by atoms with van der Waals surface area (Å²) in [5.74, 6) is 4.28. The summed E-state index contributed by atoms with van der Waals surface area (Å²) in [5.41, 5.74) is 0. The molecule has 0 aromatic heterocycles. The molecular formula is C2H7N2O2Y-. The van der Waals surface area contributed by atoms with Crippen molar-refractivity contribution in [1.82, 2.24) is 0 Å². The van der Waals surface area contributed by atoms with Crippen LogP contribution < -0.4 is 5.90 Å². The fourth-order valence-corrected chi connectivity index (χ4v) is 0. The van der Waals surface area contributed by atoms with Gasteiger partial charge in [-0.25, -0.2) is 5.90 Å². The van der Waals surface area contributed by atoms with Crippen LogP contribution in [-0.4, -0.2) is 18.6 Å². The van der Waals surface area contributed by atoms with Gasteiger partial charge in [-0.2, -0.15) is 0 Å². The van der Waals surface area contributed by atoms with Crippen molar-refractivity contribution in [3.63, 3.8) is 0 Å². The van der Waals surface area contributed by atoms with Crippen molar-refractivity contribution >= 4 is 6.72 Å². The van der Waals surface area contributed by atoms with Crippen LogP contribution in [0.4, 0.5) is 0 Å². The molecule has 41 valence electrons. The molecule has 4 N–H and O–H groups in total. The summed E-state index contributed by atoms with van der Waals surface area (Å²) in [7, 11) is 0. The first-order valence-corrected chi connectivity index (χ1v) is 1.13. The molecule has 7 heavy (non-hydrogen) atoms. The Hall–Kier alpha value is 0.654. The number of nitrogens with one attached hydrogen (secondary N) is 1. The molecule has 0 bridgehead atoms. The molecule has 0 aromatic carbocycles. The molecule has 0 saturated heterocycles. The first-order chi connectivity index (χ1) is 2.91. The zero-order valence-corrected chi connectivity index (χ0v) is 6.63. The van der Waals surface area contributed by atoms with Gasteiger partial charge in [0.2, 0.25) is 0 Å². The quantitative estimate of drug-likeness (QED) is 0.209. The smallest absolute Gasteiger partial charge is 0.163 e. The number of aliphatic hydroxyl groups is 1. The van der Waals surface area contributed by atoms with E-state index in [1.165, 1.54) is 0 Å². The van der Waals surface area contributed by atoms with Crippen LogP contribution >= 0.6 is 0 Å². The van der Waals surface area contributed by atoms with Crippen LogP contribution in [0.2, 0.25) is 0 Å². The summed E-state index contributed by atoms with van der Waals surface area (Å²) in [6.45, 7) is 3.35. The van der Waals surface area contributed by atoms with Gasteiger partial charge in [0.25, 0.3) is 0 Å². The Bertz CT molecular complexity index is 21.2. The standard InChI is InChI=1S/CH5NO2.CH2N.Y/c2-4-1-3;1-2;/h3H,1-2H2;1-2H;/q;-1;. The van der Waals surface area contributed by atoms with Crippen LogP contribution in [-0.2, 0) is 37.5 Å². The van der Waals surface area contributed by atoms with Crippen LogP contribution in [0.25, 0.3) is 0 Å². The molecule has 0 fully saturated rings. The van der Waals surface area contributed by atoms with Crippen LogP contribution in [0.1, 0.15) is 0 Å². The number of hydrogen-bond donors (Lipinski definition) is 3. The van der Waals surface area contributed by atoms with E-state index in [0.717, 1.165) is 0 Å². The Kier molecular flexibility index (Phi) is 67.5. The largest absolute Gasteiger partial charge is 0.522 e. The maximum absolute atomic E-state index is 7.53. The minimum Gasteiger partial charge on any atom is -0.522 e. The summed E-state index contributed by atoms with van der Waals surface area (Å²) in [4.78, 5) is 3.60. The monoisotopic (exact) mass is 180 g/mol. The van der Waals surface area contributed by atoms with Gasteiger partial charge in [0.15, 0.2) is 6.79 Å². The van der Waals surface area contributed by atoms with Crippen molar-refractivity contribution in [2.75, 3.05) is 6.79 Å². The van der Waals surface area contributed by atoms with Crippen LogP contribution in [0.15, 0.2) is 0 Å². The van der Waals surface area contributed by atoms with Gasteiger partial charge in [0.1, 0.15) is 0 Å². The van der Waals surface area contributed by atoms with Gasteiger partial charge in [0, 0.05) is 32.7 Å². The molecule has 0 aromatic rings. The van der Waals surface area contributed by atoms with Crippen molar-refractivity contribution in [2.45, 2.75) is 0 Å². The summed E-state index contributed by atoms with van der Waals surface area (Å²) in [6.07, 6.45) is 0. The van der Waals surface area contributed by atoms with Gasteiger partial charge in [-0.15, -0.1) is 0 Å². The molecule has 0 atom stereocenters. The number of hydrogen-bond acceptors (Lipinski definition) is 4. The summed E-state index contributed by atoms with van der Waals surface area (Å²) >= 11 is 0. The predicted octanol–water partition coefficient (Wildman–Crippen LogP) is -1.03. The zero-order chi connectivity index (χ0) is 5.41. The van der Waals surface area contributed by atoms with E-state index in [9.17, 15) is 0 Å². The van der Waals surface area contributed by atoms with Crippen LogP contribution in [0, 0.1) is 5.41 Å². The SMILES string of the molecule is NOCO.[CH-]=N.[Y]. The second kappa shape index (κ2) is 30.2. The van der Waals surface area contributed by atoms with E-state index in [-0.39, 0.29) is 32.7 Å². The number of nitrogens with two attached hydrogens (primary N) is 1. The first kappa shape index (κ1) is 15.6. The van der Waals surface area contributed by atoms with Gasteiger partial charge < -0.3 is 17.2 Å². The van der Waals surface area contributed by atoms with Gasteiger partial charge in [-0.3, -0.25) is 4.84 Å². The molecule has 0 aliphatic heterocycles. The fourth-order valence-electron chi connectivity index (χ4n) is 0. The minimum absolute atomic E-state index is 0. The van der Waals surface area contributed by atoms with E-state index in [1.807, 2.05) is 0 Å². The van der Waals surface area contributed by atoms with Gasteiger partial charge in [0.05, 0.1) is 0 Å². The Morgan fingerprint density at radius 1 is 1.71 bits per heavy atom. The molecule has 1 radical (unpaired) electrons. The fraction of sp³-hybridized carbons (Fsp3) is 0.500. The second-order valence-electron chi connectivity index (χ2n) is 0.296. The molecule has 0 amide bonds. The zero-order valence-electron chi connectivity index (χ0n) is 3.79. The summed E-state index contributed by atoms with van der Waals surface area (Å²) in [6, 6.07) is 0. The van der Waals surface area contributed by atoms with Gasteiger partial charge in [-0.05, 0) is 0 Å². The number of aliphatic hydroxyl groups excluding tert-OH is 1. The molecule has 0 rings (SSSR count). The van der Waals surface area contributed by atoms with E-state index >= 15 is 0 Å². The van der Waals surface area contributed by atoms with E-state index in [2.05, 4.69) is 17.5 Å². The Labute approximate surface area is 67.4 Å². The average molecular weight is 180 g/mol. The third kappa shape index (κ3) is 52.7. The summed E-state index contributed by atoms with van der Waals surface area (Å²) < 4.78 is 0. The maximum Gasteiger partial charge on any atom is 0.163 e. The topological polar surface area (TPSA) is 79.3 Å². The molecule has 4 nitrogen and oxygen atoms in total. The normalized spacial score (nSPS) is 4.86. The molecule has 0 saturated carbocycles. The second-order valence-corrected chi connectivity index (χ2v) is 0.296. The minimum atomic E-state index is -0.403. The number of rotatable bonds is 1. The van der Waals surface area contributed by atoms with Crippen molar-refractivity contribution < 1.29 is 42.7 Å². The Balaban J connectivity index is -0.0000000480. The van der Waals surface area contributed by atoms with Gasteiger partial charge in [-0.1, -0.05) is 0 Å². The molecule has 0 unspecified atom stereocenters. The van der Waals surface area contributed by atoms with Crippen molar-refractivity contribution in [3.8, 4) is 0 Å². The Morgan fingerprint density at radius 2 is 1.86 bits per heavy atom. The molecule has 0 spiro atoms. The summed E-state index contributed by atoms with van der Waals surface area (Å²) in [5, 5.41) is 12.8. The van der Waals surface area contributed by atoms with Crippen molar-refractivity contribution in [2.24, 2.45) is 5.90 Å². The maximum atomic E-state index is 7.53. The van der Waals surface area contributed by atoms with Gasteiger partial charge >= 0.3 is 0 Å². The first-order valence-electron chi connectivity index (χ1n) is 1.13. The molecular weight excluding hydrogens is 173 g/mol. The van der Waals surface area contributed by atoms with Crippen LogP contribution in [0.3, 0.4) is 0 Å². The van der Waals surface area contributed by atoms with Crippen molar-refractivity contribution in [1.29, 1.82) is 5.41 Å². The van der Waals surface area contributed by atoms with Crippen molar-refractivity contribution in [3.05, 3.63) is 0 Å². The third-order valence-corrected chi connectivity index (χ3v) is 0.0745. The predicted molar refractivity (Wildman–Crippen MR) is 21.1 cm³/mol. The average Bonchev–Trinajstić information content (AvgIpc) is 1.72. The van der Waals surface area contributed by atoms with E-state index in [1.54, 1.807) is 0 Å². The van der Waals surface area contributed by atoms with E-state index in [4.69, 9.17) is 10.5 Å². The molecule has 5 heteroatoms. The van der Waals surface area contributed by atoms with E-state index < -0.39 is 6.79 Å². The van der Waals surface area contributed by atoms with Crippen LogP contribution in [0.5, 0.6) is 0 Å². The molecule has 0 heterocycles.